The fourth-order valence-corrected chi connectivity index (χ4v) is 1.85. The minimum Gasteiger partial charge on any atom is -0.497 e. The van der Waals surface area contributed by atoms with Gasteiger partial charge in [-0.3, -0.25) is 0 Å². The molecule has 2 aliphatic heterocycles. The Morgan fingerprint density at radius 1 is 1.31 bits per heavy atom. The van der Waals surface area contributed by atoms with Gasteiger partial charge in [-0.15, -0.1) is 0 Å². The summed E-state index contributed by atoms with van der Waals surface area (Å²) >= 11 is 0. The van der Waals surface area contributed by atoms with Crippen LogP contribution in [0.2, 0.25) is 0 Å². The summed E-state index contributed by atoms with van der Waals surface area (Å²) in [5.74, 6) is 0. The maximum atomic E-state index is 5.28. The van der Waals surface area contributed by atoms with Crippen LogP contribution in [0.25, 0.3) is 5.70 Å². The summed E-state index contributed by atoms with van der Waals surface area (Å²) in [4.78, 5) is 6.41. The number of fused-ring (bicyclic) bond motifs is 1. The highest BCUT2D eigenvalue weighted by molar-refractivity contribution is 5.61. The van der Waals surface area contributed by atoms with Gasteiger partial charge in [0.25, 0.3) is 0 Å². The normalized spacial score (nSPS) is 18.7. The first-order valence-electron chi connectivity index (χ1n) is 5.32. The van der Waals surface area contributed by atoms with E-state index >= 15 is 0 Å². The minimum absolute atomic E-state index is 0.740. The van der Waals surface area contributed by atoms with Crippen molar-refractivity contribution in [3.05, 3.63) is 48.5 Å². The Labute approximate surface area is 94.1 Å². The van der Waals surface area contributed by atoms with Crippen molar-refractivity contribution >= 4 is 5.70 Å². The molecule has 0 amide bonds. The van der Waals surface area contributed by atoms with Gasteiger partial charge in [0.2, 0.25) is 0 Å². The highest BCUT2D eigenvalue weighted by Crippen LogP contribution is 2.22. The number of hydrogen-bond acceptors (Lipinski definition) is 3. The number of ether oxygens (including phenoxy) is 1. The van der Waals surface area contributed by atoms with Gasteiger partial charge in [-0.2, -0.15) is 0 Å². The van der Waals surface area contributed by atoms with Crippen LogP contribution in [-0.2, 0) is 4.74 Å². The quantitative estimate of drug-likeness (QED) is 0.714. The van der Waals surface area contributed by atoms with Crippen molar-refractivity contribution < 1.29 is 4.74 Å². The van der Waals surface area contributed by atoms with Crippen molar-refractivity contribution in [3.63, 3.8) is 0 Å². The van der Waals surface area contributed by atoms with Gasteiger partial charge in [-0.25, -0.2) is 4.98 Å². The maximum Gasteiger partial charge on any atom is 0.107 e. The van der Waals surface area contributed by atoms with Crippen molar-refractivity contribution in [2.75, 3.05) is 13.2 Å². The molecule has 3 rings (SSSR count). The number of aryl methyl sites for hydroxylation is 1. The molecule has 0 saturated carbocycles. The highest BCUT2D eigenvalue weighted by Gasteiger charge is 2.15. The van der Waals surface area contributed by atoms with Gasteiger partial charge in [0.15, 0.2) is 0 Å². The second-order valence-electron chi connectivity index (χ2n) is 3.92. The number of imidazole rings is 1. The van der Waals surface area contributed by atoms with E-state index < -0.39 is 0 Å². The highest BCUT2D eigenvalue weighted by atomic mass is 16.5. The standard InChI is InChI=1S/C12H13N3O/c1-10-6-15(9-13-10)11-2-3-12-8-16-5-4-14(12)7-11/h2-3,6-9H,4-5H2,1H3. The molecule has 0 unspecified atom stereocenters. The Kier molecular flexibility index (Phi) is 2.06. The Morgan fingerprint density at radius 3 is 3.00 bits per heavy atom. The van der Waals surface area contributed by atoms with Gasteiger partial charge in [0.05, 0.1) is 30.0 Å². The molecule has 1 aromatic heterocycles. The third-order valence-electron chi connectivity index (χ3n) is 2.71. The Balaban J connectivity index is 1.94. The predicted molar refractivity (Wildman–Crippen MR) is 61.1 cm³/mol. The van der Waals surface area contributed by atoms with Gasteiger partial charge in [0.1, 0.15) is 12.9 Å². The molecule has 0 atom stereocenters. The SMILES string of the molecule is Cc1cn(C2=CN3CCOC=C3C=C2)cn1. The second-order valence-corrected chi connectivity index (χ2v) is 3.92. The Bertz CT molecular complexity index is 496. The van der Waals surface area contributed by atoms with Crippen LogP contribution >= 0.6 is 0 Å². The van der Waals surface area contributed by atoms with Crippen LogP contribution in [0.1, 0.15) is 5.69 Å². The number of nitrogens with zero attached hydrogens (tertiary/aromatic N) is 3. The van der Waals surface area contributed by atoms with Gasteiger partial charge in [-0.05, 0) is 19.1 Å². The average Bonchev–Trinajstić information content (AvgIpc) is 2.75. The van der Waals surface area contributed by atoms with E-state index in [-0.39, 0.29) is 0 Å². The van der Waals surface area contributed by atoms with E-state index in [1.54, 1.807) is 6.26 Å². The van der Waals surface area contributed by atoms with Crippen LogP contribution < -0.4 is 0 Å². The average molecular weight is 215 g/mol. The van der Waals surface area contributed by atoms with Crippen molar-refractivity contribution in [3.8, 4) is 0 Å². The van der Waals surface area contributed by atoms with Crippen molar-refractivity contribution in [1.29, 1.82) is 0 Å². The van der Waals surface area contributed by atoms with Crippen LogP contribution in [0, 0.1) is 6.92 Å². The summed E-state index contributed by atoms with van der Waals surface area (Å²) in [6.45, 7) is 3.63. The molecule has 4 nitrogen and oxygen atoms in total. The molecule has 0 radical (unpaired) electrons. The largest absolute Gasteiger partial charge is 0.497 e. The maximum absolute atomic E-state index is 5.28. The molecule has 0 N–H and O–H groups in total. The van der Waals surface area contributed by atoms with Crippen molar-refractivity contribution in [2.24, 2.45) is 0 Å². The lowest BCUT2D eigenvalue weighted by Gasteiger charge is -2.28. The van der Waals surface area contributed by atoms with E-state index in [1.807, 2.05) is 24.0 Å². The molecule has 0 aliphatic carbocycles. The molecule has 16 heavy (non-hydrogen) atoms. The summed E-state index contributed by atoms with van der Waals surface area (Å²) < 4.78 is 7.31. The number of aromatic nitrogens is 2. The van der Waals surface area contributed by atoms with Crippen LogP contribution in [0.3, 0.4) is 0 Å². The fraction of sp³-hybridized carbons (Fsp3) is 0.250. The smallest absolute Gasteiger partial charge is 0.107 e. The molecular formula is C12H13N3O. The number of rotatable bonds is 1. The first-order valence-corrected chi connectivity index (χ1v) is 5.32. The van der Waals surface area contributed by atoms with Crippen molar-refractivity contribution in [1.82, 2.24) is 14.5 Å². The lowest BCUT2D eigenvalue weighted by Crippen LogP contribution is -2.26. The van der Waals surface area contributed by atoms with Gasteiger partial charge >= 0.3 is 0 Å². The molecule has 1 aromatic rings. The lowest BCUT2D eigenvalue weighted by atomic mass is 10.2. The van der Waals surface area contributed by atoms with E-state index in [1.165, 1.54) is 0 Å². The van der Waals surface area contributed by atoms with E-state index in [4.69, 9.17) is 4.74 Å². The predicted octanol–water partition coefficient (Wildman–Crippen LogP) is 1.73. The summed E-state index contributed by atoms with van der Waals surface area (Å²) in [6, 6.07) is 0. The van der Waals surface area contributed by atoms with Crippen LogP contribution in [-0.4, -0.2) is 27.6 Å². The molecule has 2 aliphatic rings. The Hall–Kier alpha value is -1.97. The minimum atomic E-state index is 0.740. The molecule has 4 heteroatoms. The third kappa shape index (κ3) is 1.52. The van der Waals surface area contributed by atoms with Crippen LogP contribution in [0.5, 0.6) is 0 Å². The molecule has 0 spiro atoms. The zero-order valence-corrected chi connectivity index (χ0v) is 9.13. The van der Waals surface area contributed by atoms with Crippen LogP contribution in [0.15, 0.2) is 42.8 Å². The third-order valence-corrected chi connectivity index (χ3v) is 2.71. The molecule has 3 heterocycles. The summed E-state index contributed by atoms with van der Waals surface area (Å²) in [7, 11) is 0. The lowest BCUT2D eigenvalue weighted by molar-refractivity contribution is 0.187. The van der Waals surface area contributed by atoms with E-state index in [0.29, 0.717) is 0 Å². The Morgan fingerprint density at radius 2 is 2.19 bits per heavy atom. The second kappa shape index (κ2) is 3.56. The van der Waals surface area contributed by atoms with Crippen molar-refractivity contribution in [2.45, 2.75) is 6.92 Å². The first kappa shape index (κ1) is 9.27. The molecule has 0 aromatic carbocycles. The van der Waals surface area contributed by atoms with E-state index in [2.05, 4.69) is 28.2 Å². The topological polar surface area (TPSA) is 30.3 Å². The van der Waals surface area contributed by atoms with Gasteiger partial charge in [0, 0.05) is 12.4 Å². The fourth-order valence-electron chi connectivity index (χ4n) is 1.85. The molecule has 0 saturated heterocycles. The molecule has 0 fully saturated rings. The summed E-state index contributed by atoms with van der Waals surface area (Å²) in [6.07, 6.45) is 11.9. The molecule has 82 valence electrons. The van der Waals surface area contributed by atoms with Gasteiger partial charge in [-0.1, -0.05) is 0 Å². The van der Waals surface area contributed by atoms with E-state index in [0.717, 1.165) is 30.2 Å². The summed E-state index contributed by atoms with van der Waals surface area (Å²) in [5.41, 5.74) is 3.25. The van der Waals surface area contributed by atoms with E-state index in [9.17, 15) is 0 Å². The number of allylic oxidation sites excluding steroid dienone is 3. The zero-order valence-electron chi connectivity index (χ0n) is 9.13. The molecular weight excluding hydrogens is 202 g/mol. The zero-order chi connectivity index (χ0) is 11.0. The molecule has 0 bridgehead atoms. The monoisotopic (exact) mass is 215 g/mol. The first-order chi connectivity index (χ1) is 7.83. The summed E-state index contributed by atoms with van der Waals surface area (Å²) in [5, 5.41) is 0. The van der Waals surface area contributed by atoms with Crippen LogP contribution in [0.4, 0.5) is 0 Å². The van der Waals surface area contributed by atoms with Gasteiger partial charge < -0.3 is 14.2 Å². The number of hydrogen-bond donors (Lipinski definition) is 0.